The number of aromatic hydroxyl groups is 1. The molecule has 1 aliphatic rings. The van der Waals surface area contributed by atoms with Crippen molar-refractivity contribution in [1.82, 2.24) is 16.0 Å². The smallest absolute Gasteiger partial charge is 0.329 e. The molecule has 11 heteroatoms. The molecule has 1 heterocycles. The summed E-state index contributed by atoms with van der Waals surface area (Å²) in [6, 6.07) is 4.09. The van der Waals surface area contributed by atoms with Crippen molar-refractivity contribution in [2.45, 2.75) is 97.9 Å². The molecule has 0 bridgehead atoms. The number of carbonyl (C=O) groups excluding carboxylic acids is 5. The first-order chi connectivity index (χ1) is 19.2. The lowest BCUT2D eigenvalue weighted by Gasteiger charge is -2.27. The molecule has 0 aliphatic carbocycles. The van der Waals surface area contributed by atoms with Crippen LogP contribution in [0.5, 0.6) is 5.75 Å². The number of phenols is 1. The first kappa shape index (κ1) is 33.6. The molecule has 0 spiro atoms. The lowest BCUT2D eigenvalue weighted by atomic mass is 10.0. The summed E-state index contributed by atoms with van der Waals surface area (Å²) in [4.78, 5) is 65.7. The van der Waals surface area contributed by atoms with Gasteiger partial charge in [-0.05, 0) is 54.7 Å². The van der Waals surface area contributed by atoms with Crippen LogP contribution < -0.4 is 16.0 Å². The maximum Gasteiger partial charge on any atom is 0.329 e. The Morgan fingerprint density at radius 1 is 0.732 bits per heavy atom. The third-order valence-electron chi connectivity index (χ3n) is 6.43. The van der Waals surface area contributed by atoms with E-state index in [4.69, 9.17) is 9.47 Å². The SMILES string of the molecule is CC(C)CC1NC(=O)C(CC(C)C)OC(=O)CCNC(=O)C(Cc2ccc(O)cc2)NC(=O)C(CC(C)C)OC1=O. The minimum absolute atomic E-state index is 0.000283. The third-order valence-corrected chi connectivity index (χ3v) is 6.43. The van der Waals surface area contributed by atoms with Gasteiger partial charge in [0, 0.05) is 13.0 Å². The van der Waals surface area contributed by atoms with Gasteiger partial charge in [0.25, 0.3) is 11.8 Å². The van der Waals surface area contributed by atoms with E-state index in [9.17, 15) is 29.1 Å². The Balaban J connectivity index is 2.43. The molecule has 2 rings (SSSR count). The lowest BCUT2D eigenvalue weighted by molar-refractivity contribution is -0.162. The Morgan fingerprint density at radius 2 is 1.24 bits per heavy atom. The van der Waals surface area contributed by atoms with Gasteiger partial charge in [0.2, 0.25) is 5.91 Å². The second-order valence-corrected chi connectivity index (χ2v) is 11.8. The molecule has 0 aromatic heterocycles. The Labute approximate surface area is 242 Å². The van der Waals surface area contributed by atoms with Crippen LogP contribution >= 0.6 is 0 Å². The number of hydrogen-bond donors (Lipinski definition) is 4. The quantitative estimate of drug-likeness (QED) is 0.344. The zero-order valence-electron chi connectivity index (χ0n) is 24.9. The molecule has 4 N–H and O–H groups in total. The monoisotopic (exact) mass is 575 g/mol. The fourth-order valence-corrected chi connectivity index (χ4v) is 4.42. The van der Waals surface area contributed by atoms with Crippen molar-refractivity contribution in [2.24, 2.45) is 17.8 Å². The van der Waals surface area contributed by atoms with Gasteiger partial charge in [-0.3, -0.25) is 19.2 Å². The third kappa shape index (κ3) is 11.8. The zero-order chi connectivity index (χ0) is 30.7. The summed E-state index contributed by atoms with van der Waals surface area (Å²) in [5.74, 6) is -3.24. The van der Waals surface area contributed by atoms with Crippen LogP contribution in [0.2, 0.25) is 0 Å². The number of cyclic esters (lactones) is 2. The summed E-state index contributed by atoms with van der Waals surface area (Å²) in [6.45, 7) is 11.2. The summed E-state index contributed by atoms with van der Waals surface area (Å²) in [7, 11) is 0. The molecule has 1 aromatic rings. The van der Waals surface area contributed by atoms with Gasteiger partial charge in [-0.25, -0.2) is 4.79 Å². The summed E-state index contributed by atoms with van der Waals surface area (Å²) in [5, 5.41) is 17.6. The van der Waals surface area contributed by atoms with E-state index < -0.39 is 54.0 Å². The van der Waals surface area contributed by atoms with Crippen molar-refractivity contribution in [3.63, 3.8) is 0 Å². The number of hydrogen-bond acceptors (Lipinski definition) is 8. The van der Waals surface area contributed by atoms with Crippen molar-refractivity contribution in [3.8, 4) is 5.75 Å². The molecule has 3 amide bonds. The van der Waals surface area contributed by atoms with Crippen molar-refractivity contribution in [3.05, 3.63) is 29.8 Å². The van der Waals surface area contributed by atoms with Gasteiger partial charge in [0.1, 0.15) is 17.8 Å². The number of rotatable bonds is 8. The molecular weight excluding hydrogens is 530 g/mol. The predicted octanol–water partition coefficient (Wildman–Crippen LogP) is 2.39. The first-order valence-corrected chi connectivity index (χ1v) is 14.3. The van der Waals surface area contributed by atoms with Crippen LogP contribution in [0.4, 0.5) is 0 Å². The van der Waals surface area contributed by atoms with E-state index >= 15 is 0 Å². The summed E-state index contributed by atoms with van der Waals surface area (Å²) >= 11 is 0. The summed E-state index contributed by atoms with van der Waals surface area (Å²) in [5.41, 5.74) is 0.672. The lowest BCUT2D eigenvalue weighted by Crippen LogP contribution is -2.54. The van der Waals surface area contributed by atoms with Gasteiger partial charge in [-0.2, -0.15) is 0 Å². The predicted molar refractivity (Wildman–Crippen MR) is 151 cm³/mol. The molecule has 11 nitrogen and oxygen atoms in total. The Bertz CT molecular complexity index is 1050. The average molecular weight is 576 g/mol. The molecule has 0 saturated carbocycles. The number of ether oxygens (including phenoxy) is 2. The molecule has 0 radical (unpaired) electrons. The molecule has 4 atom stereocenters. The van der Waals surface area contributed by atoms with Crippen LogP contribution in [-0.4, -0.2) is 65.6 Å². The number of carbonyl (C=O) groups is 5. The second kappa shape index (κ2) is 16.0. The van der Waals surface area contributed by atoms with E-state index in [-0.39, 0.29) is 62.2 Å². The van der Waals surface area contributed by atoms with Gasteiger partial charge >= 0.3 is 11.9 Å². The Kier molecular flexibility index (Phi) is 13.1. The van der Waals surface area contributed by atoms with Crippen LogP contribution in [0.15, 0.2) is 24.3 Å². The van der Waals surface area contributed by atoms with E-state index in [0.29, 0.717) is 5.56 Å². The van der Waals surface area contributed by atoms with E-state index in [1.807, 2.05) is 41.5 Å². The summed E-state index contributed by atoms with van der Waals surface area (Å²) in [6.07, 6.45) is -1.77. The standard InChI is InChI=1S/C30H45N3O8/c1-17(2)13-23-30(39)41-25(15-19(5)6)29(38)32-22(16-20-7-9-21(34)10-8-20)27(36)31-12-11-26(35)40-24(14-18(3)4)28(37)33-23/h7-10,17-19,22-25,34H,11-16H2,1-6H3,(H,31,36)(H,32,38)(H,33,37). The average Bonchev–Trinajstić information content (AvgIpc) is 2.86. The molecule has 41 heavy (non-hydrogen) atoms. The molecule has 1 saturated heterocycles. The minimum atomic E-state index is -1.21. The van der Waals surface area contributed by atoms with Gasteiger partial charge in [-0.15, -0.1) is 0 Å². The first-order valence-electron chi connectivity index (χ1n) is 14.3. The van der Waals surface area contributed by atoms with Crippen LogP contribution in [0.25, 0.3) is 0 Å². The van der Waals surface area contributed by atoms with Crippen molar-refractivity contribution in [1.29, 1.82) is 0 Å². The van der Waals surface area contributed by atoms with E-state index in [2.05, 4.69) is 16.0 Å². The Morgan fingerprint density at radius 3 is 1.78 bits per heavy atom. The van der Waals surface area contributed by atoms with Crippen LogP contribution in [0.3, 0.4) is 0 Å². The van der Waals surface area contributed by atoms with Gasteiger partial charge < -0.3 is 30.5 Å². The number of nitrogens with one attached hydrogen (secondary N) is 3. The van der Waals surface area contributed by atoms with Gasteiger partial charge in [0.15, 0.2) is 12.2 Å². The topological polar surface area (TPSA) is 160 Å². The van der Waals surface area contributed by atoms with Crippen LogP contribution in [0, 0.1) is 17.8 Å². The van der Waals surface area contributed by atoms with E-state index in [1.165, 1.54) is 12.1 Å². The molecule has 1 fully saturated rings. The minimum Gasteiger partial charge on any atom is -0.508 e. The zero-order valence-corrected chi connectivity index (χ0v) is 24.9. The molecule has 1 aromatic carbocycles. The van der Waals surface area contributed by atoms with Crippen molar-refractivity contribution < 1.29 is 38.6 Å². The highest BCUT2D eigenvalue weighted by atomic mass is 16.6. The van der Waals surface area contributed by atoms with Crippen molar-refractivity contribution in [2.75, 3.05) is 6.54 Å². The Hall–Kier alpha value is -3.63. The highest BCUT2D eigenvalue weighted by Gasteiger charge is 2.34. The molecular formula is C30H45N3O8. The molecule has 4 unspecified atom stereocenters. The fourth-order valence-electron chi connectivity index (χ4n) is 4.42. The van der Waals surface area contributed by atoms with E-state index in [1.54, 1.807) is 12.1 Å². The molecule has 228 valence electrons. The number of benzene rings is 1. The highest BCUT2D eigenvalue weighted by Crippen LogP contribution is 2.17. The molecule has 1 aliphatic heterocycles. The fraction of sp³-hybridized carbons (Fsp3) is 0.633. The maximum absolute atomic E-state index is 13.4. The number of phenolic OH excluding ortho intramolecular Hbond substituents is 1. The van der Waals surface area contributed by atoms with Gasteiger partial charge in [-0.1, -0.05) is 53.7 Å². The van der Waals surface area contributed by atoms with Crippen LogP contribution in [-0.2, 0) is 39.9 Å². The number of esters is 2. The largest absolute Gasteiger partial charge is 0.508 e. The number of amides is 3. The summed E-state index contributed by atoms with van der Waals surface area (Å²) < 4.78 is 11.2. The maximum atomic E-state index is 13.4. The van der Waals surface area contributed by atoms with Gasteiger partial charge in [0.05, 0.1) is 6.42 Å². The van der Waals surface area contributed by atoms with E-state index in [0.717, 1.165) is 0 Å². The normalized spacial score (nSPS) is 23.6. The van der Waals surface area contributed by atoms with Crippen molar-refractivity contribution >= 4 is 29.7 Å². The van der Waals surface area contributed by atoms with Crippen LogP contribution in [0.1, 0.15) is 72.8 Å². The highest BCUT2D eigenvalue weighted by molar-refractivity contribution is 5.92. The second-order valence-electron chi connectivity index (χ2n) is 11.8.